The highest BCUT2D eigenvalue weighted by molar-refractivity contribution is 7.89. The van der Waals surface area contributed by atoms with Gasteiger partial charge in [0.15, 0.2) is 0 Å². The molecule has 1 heterocycles. The van der Waals surface area contributed by atoms with Crippen LogP contribution in [-0.2, 0) is 16.4 Å². The molecule has 2 saturated carbocycles. The number of fused-ring (bicyclic) bond motifs is 1. The van der Waals surface area contributed by atoms with Crippen molar-refractivity contribution in [3.63, 3.8) is 0 Å². The minimum Gasteiger partial charge on any atom is -0.367 e. The monoisotopic (exact) mass is 426 g/mol. The van der Waals surface area contributed by atoms with Gasteiger partial charge in [-0.1, -0.05) is 12.1 Å². The molecular weight excluding hydrogens is 403 g/mol. The molecule has 0 atom stereocenters. The summed E-state index contributed by atoms with van der Waals surface area (Å²) in [7, 11) is -3.39. The normalized spacial score (nSPS) is 16.7. The minimum absolute atomic E-state index is 0.0597. The lowest BCUT2D eigenvalue weighted by molar-refractivity contribution is 0.578. The standard InChI is InChI=1S/C22H23FN4O2S/c23-20-7-1-14(11-16(20)9-10-30(28,29)27-18-5-6-18)15-2-8-21-19(12-15)22(25-13-24-21)26-17-3-4-17/h1-2,7-8,11-13,17-18,27H,3-6,9-10H2,(H,24,25,26). The molecule has 2 fully saturated rings. The van der Waals surface area contributed by atoms with Gasteiger partial charge in [0.1, 0.15) is 18.0 Å². The van der Waals surface area contributed by atoms with Gasteiger partial charge in [0, 0.05) is 17.5 Å². The van der Waals surface area contributed by atoms with Gasteiger partial charge in [-0.2, -0.15) is 0 Å². The smallest absolute Gasteiger partial charge is 0.212 e. The molecule has 30 heavy (non-hydrogen) atoms. The van der Waals surface area contributed by atoms with Crippen molar-refractivity contribution in [2.75, 3.05) is 11.1 Å². The quantitative estimate of drug-likeness (QED) is 0.575. The Morgan fingerprint density at radius 1 is 0.967 bits per heavy atom. The van der Waals surface area contributed by atoms with Crippen molar-refractivity contribution in [1.82, 2.24) is 14.7 Å². The first-order valence-corrected chi connectivity index (χ1v) is 11.9. The maximum Gasteiger partial charge on any atom is 0.212 e. The van der Waals surface area contributed by atoms with E-state index in [9.17, 15) is 12.8 Å². The number of hydrogen-bond acceptors (Lipinski definition) is 5. The largest absolute Gasteiger partial charge is 0.367 e. The van der Waals surface area contributed by atoms with E-state index in [1.807, 2.05) is 18.2 Å². The first-order valence-electron chi connectivity index (χ1n) is 10.3. The van der Waals surface area contributed by atoms with Crippen molar-refractivity contribution in [3.05, 3.63) is 54.1 Å². The molecule has 6 nitrogen and oxygen atoms in total. The number of aryl methyl sites for hydroxylation is 1. The predicted octanol–water partition coefficient (Wildman–Crippen LogP) is 3.63. The van der Waals surface area contributed by atoms with Crippen LogP contribution in [0.4, 0.5) is 10.2 Å². The molecule has 156 valence electrons. The molecule has 0 radical (unpaired) electrons. The van der Waals surface area contributed by atoms with Crippen molar-refractivity contribution >= 4 is 26.7 Å². The van der Waals surface area contributed by atoms with Crippen LogP contribution in [-0.4, -0.2) is 36.2 Å². The highest BCUT2D eigenvalue weighted by Crippen LogP contribution is 2.31. The first kappa shape index (κ1) is 19.4. The zero-order valence-corrected chi connectivity index (χ0v) is 17.3. The van der Waals surface area contributed by atoms with Gasteiger partial charge in [0.05, 0.1) is 11.3 Å². The summed E-state index contributed by atoms with van der Waals surface area (Å²) in [5.74, 6) is 0.301. The van der Waals surface area contributed by atoms with Crippen molar-refractivity contribution in [2.24, 2.45) is 0 Å². The third-order valence-electron chi connectivity index (χ3n) is 5.50. The number of benzene rings is 2. The maximum absolute atomic E-state index is 14.4. The summed E-state index contributed by atoms with van der Waals surface area (Å²) in [5.41, 5.74) is 2.99. The third kappa shape index (κ3) is 4.44. The number of halogens is 1. The lowest BCUT2D eigenvalue weighted by atomic mass is 10.00. The summed E-state index contributed by atoms with van der Waals surface area (Å²) in [6.45, 7) is 0. The van der Waals surface area contributed by atoms with E-state index in [2.05, 4.69) is 20.0 Å². The SMILES string of the molecule is O=S(=O)(CCc1cc(-c2ccc3ncnc(NC4CC4)c3c2)ccc1F)NC1CC1. The lowest BCUT2D eigenvalue weighted by Gasteiger charge is -2.11. The zero-order chi connectivity index (χ0) is 20.7. The van der Waals surface area contributed by atoms with Gasteiger partial charge in [0.2, 0.25) is 10.0 Å². The Morgan fingerprint density at radius 2 is 1.70 bits per heavy atom. The number of sulfonamides is 1. The Morgan fingerprint density at radius 3 is 2.47 bits per heavy atom. The molecule has 1 aromatic heterocycles. The molecule has 2 aliphatic carbocycles. The predicted molar refractivity (Wildman–Crippen MR) is 115 cm³/mol. The molecule has 2 N–H and O–H groups in total. The van der Waals surface area contributed by atoms with E-state index in [0.717, 1.165) is 53.5 Å². The van der Waals surface area contributed by atoms with E-state index in [1.165, 1.54) is 6.07 Å². The number of anilines is 1. The molecule has 2 aliphatic rings. The van der Waals surface area contributed by atoms with Crippen LogP contribution in [0.1, 0.15) is 31.2 Å². The number of aromatic nitrogens is 2. The molecule has 0 saturated heterocycles. The van der Waals surface area contributed by atoms with Crippen molar-refractivity contribution < 1.29 is 12.8 Å². The molecule has 3 aromatic rings. The number of nitrogens with zero attached hydrogens (tertiary/aromatic N) is 2. The molecule has 2 aromatic carbocycles. The van der Waals surface area contributed by atoms with Crippen LogP contribution in [0.25, 0.3) is 22.0 Å². The summed E-state index contributed by atoms with van der Waals surface area (Å²) in [6, 6.07) is 11.3. The second kappa shape index (κ2) is 7.59. The average molecular weight is 427 g/mol. The van der Waals surface area contributed by atoms with Crippen molar-refractivity contribution in [1.29, 1.82) is 0 Å². The first-order chi connectivity index (χ1) is 14.5. The summed E-state index contributed by atoms with van der Waals surface area (Å²) in [5, 5.41) is 4.35. The number of rotatable bonds is 8. The Labute approximate surface area is 175 Å². The summed E-state index contributed by atoms with van der Waals surface area (Å²) in [6.07, 6.45) is 5.74. The molecule has 0 spiro atoms. The van der Waals surface area contributed by atoms with Gasteiger partial charge in [-0.15, -0.1) is 0 Å². The average Bonchev–Trinajstić information content (AvgIpc) is 3.65. The Bertz CT molecular complexity index is 1210. The molecule has 5 rings (SSSR count). The molecule has 0 bridgehead atoms. The summed E-state index contributed by atoms with van der Waals surface area (Å²) in [4.78, 5) is 8.72. The summed E-state index contributed by atoms with van der Waals surface area (Å²) < 4.78 is 41.3. The molecule has 0 amide bonds. The van der Waals surface area contributed by atoms with Crippen LogP contribution in [0.3, 0.4) is 0 Å². The highest BCUT2D eigenvalue weighted by atomic mass is 32.2. The van der Waals surface area contributed by atoms with Crippen LogP contribution >= 0.6 is 0 Å². The number of hydrogen-bond donors (Lipinski definition) is 2. The number of nitrogens with one attached hydrogen (secondary N) is 2. The van der Waals surface area contributed by atoms with E-state index in [0.29, 0.717) is 11.6 Å². The van der Waals surface area contributed by atoms with Gasteiger partial charge < -0.3 is 5.32 Å². The zero-order valence-electron chi connectivity index (χ0n) is 16.4. The van der Waals surface area contributed by atoms with E-state index in [1.54, 1.807) is 18.5 Å². The molecule has 0 aliphatic heterocycles. The van der Waals surface area contributed by atoms with Gasteiger partial charge in [-0.05, 0) is 73.1 Å². The third-order valence-corrected chi connectivity index (χ3v) is 6.93. The fraction of sp³-hybridized carbons (Fsp3) is 0.364. The molecular formula is C22H23FN4O2S. The Hall–Kier alpha value is -2.58. The van der Waals surface area contributed by atoms with Crippen molar-refractivity contribution in [3.8, 4) is 11.1 Å². The lowest BCUT2D eigenvalue weighted by Crippen LogP contribution is -2.29. The fourth-order valence-corrected chi connectivity index (χ4v) is 4.83. The van der Waals surface area contributed by atoms with E-state index in [4.69, 9.17) is 0 Å². The van der Waals surface area contributed by atoms with Gasteiger partial charge in [-0.25, -0.2) is 27.5 Å². The fourth-order valence-electron chi connectivity index (χ4n) is 3.48. The topological polar surface area (TPSA) is 84.0 Å². The van der Waals surface area contributed by atoms with Crippen LogP contribution in [0.15, 0.2) is 42.7 Å². The van der Waals surface area contributed by atoms with E-state index >= 15 is 0 Å². The Balaban J connectivity index is 1.42. The second-order valence-electron chi connectivity index (χ2n) is 8.14. The molecule has 8 heteroatoms. The minimum atomic E-state index is -3.39. The van der Waals surface area contributed by atoms with E-state index in [-0.39, 0.29) is 24.0 Å². The maximum atomic E-state index is 14.4. The van der Waals surface area contributed by atoms with Crippen LogP contribution in [0.2, 0.25) is 0 Å². The van der Waals surface area contributed by atoms with Gasteiger partial charge >= 0.3 is 0 Å². The highest BCUT2D eigenvalue weighted by Gasteiger charge is 2.27. The van der Waals surface area contributed by atoms with Crippen LogP contribution in [0.5, 0.6) is 0 Å². The Kier molecular flexibility index (Phi) is 4.91. The molecule has 0 unspecified atom stereocenters. The van der Waals surface area contributed by atoms with Gasteiger partial charge in [0.25, 0.3) is 0 Å². The second-order valence-corrected chi connectivity index (χ2v) is 10.0. The summed E-state index contributed by atoms with van der Waals surface area (Å²) >= 11 is 0. The van der Waals surface area contributed by atoms with E-state index < -0.39 is 10.0 Å². The van der Waals surface area contributed by atoms with Crippen LogP contribution in [0, 0.1) is 5.82 Å². The van der Waals surface area contributed by atoms with Crippen molar-refractivity contribution in [2.45, 2.75) is 44.2 Å². The van der Waals surface area contributed by atoms with Gasteiger partial charge in [-0.3, -0.25) is 0 Å². The van der Waals surface area contributed by atoms with Crippen LogP contribution < -0.4 is 10.0 Å².